The highest BCUT2D eigenvalue weighted by molar-refractivity contribution is 5.15. The molecule has 0 radical (unpaired) electrons. The monoisotopic (exact) mass is 524 g/mol. The summed E-state index contributed by atoms with van der Waals surface area (Å²) in [4.78, 5) is 0. The normalized spacial score (nSPS) is 35.0. The van der Waals surface area contributed by atoms with Crippen LogP contribution in [-0.2, 0) is 32.2 Å². The summed E-state index contributed by atoms with van der Waals surface area (Å²) >= 11 is 0. The number of rotatable bonds is 8. The first-order valence-electron chi connectivity index (χ1n) is 13.4. The van der Waals surface area contributed by atoms with E-state index in [0.717, 1.165) is 11.1 Å². The van der Waals surface area contributed by atoms with Crippen LogP contribution in [-0.4, -0.2) is 59.0 Å². The number of hydrogen-bond acceptors (Lipinski definition) is 6. The molecule has 2 aliphatic heterocycles. The standard InChI is InChI=1S/2C16H22O3/c2*1-4-16(17)12(2)13(3)18-11-15(16)19-10-14-8-6-5-7-9-14/h2*4-9,12-13,15,17H,1,10-11H2,2-3H3/t12-,13?,15?,16+;12-,13?,15?,16-/m11/s1. The third-order valence-electron chi connectivity index (χ3n) is 8.16. The van der Waals surface area contributed by atoms with Crippen LogP contribution in [0.5, 0.6) is 0 Å². The lowest BCUT2D eigenvalue weighted by Crippen LogP contribution is -2.57. The molecule has 6 nitrogen and oxygen atoms in total. The maximum absolute atomic E-state index is 10.7. The lowest BCUT2D eigenvalue weighted by atomic mass is 9.79. The Bertz CT molecular complexity index is 916. The van der Waals surface area contributed by atoms with Crippen LogP contribution in [0.1, 0.15) is 38.8 Å². The second-order valence-corrected chi connectivity index (χ2v) is 10.4. The highest BCUT2D eigenvalue weighted by Crippen LogP contribution is 2.35. The van der Waals surface area contributed by atoms with Crippen LogP contribution < -0.4 is 0 Å². The largest absolute Gasteiger partial charge is 0.383 e. The molecule has 0 aromatic heterocycles. The molecule has 38 heavy (non-hydrogen) atoms. The molecule has 2 aromatic carbocycles. The highest BCUT2D eigenvalue weighted by atomic mass is 16.6. The minimum atomic E-state index is -1.04. The Labute approximate surface area is 227 Å². The topological polar surface area (TPSA) is 77.4 Å². The van der Waals surface area contributed by atoms with Crippen LogP contribution in [0.2, 0.25) is 0 Å². The van der Waals surface area contributed by atoms with Gasteiger partial charge in [0.1, 0.15) is 23.4 Å². The molecule has 208 valence electrons. The minimum absolute atomic E-state index is 0.000393. The van der Waals surface area contributed by atoms with Gasteiger partial charge in [-0.1, -0.05) is 86.7 Å². The van der Waals surface area contributed by atoms with Crippen molar-refractivity contribution in [1.82, 2.24) is 0 Å². The summed E-state index contributed by atoms with van der Waals surface area (Å²) in [5.41, 5.74) is 0.0965. The Hall–Kier alpha value is -2.32. The van der Waals surface area contributed by atoms with Crippen molar-refractivity contribution in [3.63, 3.8) is 0 Å². The van der Waals surface area contributed by atoms with Crippen molar-refractivity contribution >= 4 is 0 Å². The fourth-order valence-corrected chi connectivity index (χ4v) is 4.91. The molecule has 0 amide bonds. The molecule has 2 N–H and O–H groups in total. The Morgan fingerprint density at radius 1 is 0.711 bits per heavy atom. The van der Waals surface area contributed by atoms with Crippen molar-refractivity contribution in [2.45, 2.75) is 76.5 Å². The molecule has 4 rings (SSSR count). The summed E-state index contributed by atoms with van der Waals surface area (Å²) < 4.78 is 23.0. The van der Waals surface area contributed by atoms with Gasteiger partial charge in [0.05, 0.1) is 38.6 Å². The van der Waals surface area contributed by atoms with E-state index in [2.05, 4.69) is 13.2 Å². The van der Waals surface area contributed by atoms with E-state index < -0.39 is 11.2 Å². The van der Waals surface area contributed by atoms with Gasteiger partial charge < -0.3 is 29.2 Å². The first-order valence-corrected chi connectivity index (χ1v) is 13.4. The third kappa shape index (κ3) is 7.00. The van der Waals surface area contributed by atoms with E-state index in [1.165, 1.54) is 0 Å². The zero-order valence-electron chi connectivity index (χ0n) is 23.2. The second-order valence-electron chi connectivity index (χ2n) is 10.4. The summed E-state index contributed by atoms with van der Waals surface area (Å²) in [6.45, 7) is 17.1. The smallest absolute Gasteiger partial charge is 0.116 e. The van der Waals surface area contributed by atoms with E-state index in [1.807, 2.05) is 88.4 Å². The van der Waals surface area contributed by atoms with E-state index in [1.54, 1.807) is 12.2 Å². The van der Waals surface area contributed by atoms with Crippen molar-refractivity contribution in [2.75, 3.05) is 13.2 Å². The summed E-state index contributed by atoms with van der Waals surface area (Å²) in [6.07, 6.45) is 2.42. The van der Waals surface area contributed by atoms with E-state index in [-0.39, 0.29) is 36.3 Å². The number of aliphatic hydroxyl groups is 2. The zero-order valence-corrected chi connectivity index (χ0v) is 23.2. The second kappa shape index (κ2) is 13.7. The zero-order chi connectivity index (χ0) is 27.8. The predicted molar refractivity (Wildman–Crippen MR) is 149 cm³/mol. The molecule has 2 fully saturated rings. The van der Waals surface area contributed by atoms with Gasteiger partial charge in [-0.25, -0.2) is 0 Å². The molecule has 0 spiro atoms. The lowest BCUT2D eigenvalue weighted by molar-refractivity contribution is -0.206. The van der Waals surface area contributed by atoms with Crippen LogP contribution in [0.3, 0.4) is 0 Å². The lowest BCUT2D eigenvalue weighted by Gasteiger charge is -2.45. The molecule has 0 aliphatic carbocycles. The van der Waals surface area contributed by atoms with E-state index >= 15 is 0 Å². The average molecular weight is 525 g/mol. The molecule has 2 aromatic rings. The fourth-order valence-electron chi connectivity index (χ4n) is 4.91. The maximum Gasteiger partial charge on any atom is 0.116 e. The molecular weight excluding hydrogens is 480 g/mol. The first-order chi connectivity index (χ1) is 18.2. The summed E-state index contributed by atoms with van der Waals surface area (Å²) in [5.74, 6) is -0.0842. The number of hydrogen-bond donors (Lipinski definition) is 2. The SMILES string of the molecule is C=C[C@@]1(O)C(OCc2ccccc2)COC(C)[C@H]1C.C=C[C@]1(O)C(OCc2ccccc2)COC(C)[C@H]1C. The van der Waals surface area contributed by atoms with Crippen LogP contribution in [0.15, 0.2) is 86.0 Å². The van der Waals surface area contributed by atoms with Gasteiger partial charge in [-0.2, -0.15) is 0 Å². The number of benzene rings is 2. The molecule has 6 heteroatoms. The van der Waals surface area contributed by atoms with Crippen LogP contribution in [0.25, 0.3) is 0 Å². The summed E-state index contributed by atoms with van der Waals surface area (Å²) in [6, 6.07) is 19.8. The number of ether oxygens (including phenoxy) is 4. The third-order valence-corrected chi connectivity index (χ3v) is 8.16. The van der Waals surface area contributed by atoms with Crippen LogP contribution in [0.4, 0.5) is 0 Å². The van der Waals surface area contributed by atoms with Gasteiger partial charge in [0, 0.05) is 11.8 Å². The molecule has 2 saturated heterocycles. The molecule has 0 saturated carbocycles. The quantitative estimate of drug-likeness (QED) is 0.469. The van der Waals surface area contributed by atoms with Crippen molar-refractivity contribution in [3.05, 3.63) is 97.1 Å². The Balaban J connectivity index is 0.000000211. The van der Waals surface area contributed by atoms with Crippen LogP contribution >= 0.6 is 0 Å². The van der Waals surface area contributed by atoms with E-state index in [0.29, 0.717) is 26.4 Å². The first kappa shape index (κ1) is 30.2. The predicted octanol–water partition coefficient (Wildman–Crippen LogP) is 5.09. The van der Waals surface area contributed by atoms with Gasteiger partial charge >= 0.3 is 0 Å². The van der Waals surface area contributed by atoms with Gasteiger partial charge in [0.2, 0.25) is 0 Å². The van der Waals surface area contributed by atoms with E-state index in [4.69, 9.17) is 18.9 Å². The Morgan fingerprint density at radius 3 is 1.37 bits per heavy atom. The fraction of sp³-hybridized carbons (Fsp3) is 0.500. The van der Waals surface area contributed by atoms with Gasteiger partial charge in [-0.15, -0.1) is 13.2 Å². The Kier molecular flexibility index (Phi) is 10.9. The molecule has 0 bridgehead atoms. The maximum atomic E-state index is 10.7. The summed E-state index contributed by atoms with van der Waals surface area (Å²) in [7, 11) is 0. The Morgan fingerprint density at radius 2 is 1.05 bits per heavy atom. The molecular formula is C32H44O6. The average Bonchev–Trinajstić information content (AvgIpc) is 2.95. The minimum Gasteiger partial charge on any atom is -0.383 e. The molecule has 2 heterocycles. The van der Waals surface area contributed by atoms with Gasteiger partial charge in [-0.3, -0.25) is 0 Å². The van der Waals surface area contributed by atoms with Gasteiger partial charge in [0.15, 0.2) is 0 Å². The molecule has 4 unspecified atom stereocenters. The van der Waals surface area contributed by atoms with Gasteiger partial charge in [0.25, 0.3) is 0 Å². The van der Waals surface area contributed by atoms with Crippen molar-refractivity contribution < 1.29 is 29.2 Å². The van der Waals surface area contributed by atoms with Crippen molar-refractivity contribution in [3.8, 4) is 0 Å². The van der Waals surface area contributed by atoms with Crippen molar-refractivity contribution in [1.29, 1.82) is 0 Å². The highest BCUT2D eigenvalue weighted by Gasteiger charge is 2.47. The van der Waals surface area contributed by atoms with Crippen LogP contribution in [0, 0.1) is 11.8 Å². The van der Waals surface area contributed by atoms with Crippen molar-refractivity contribution in [2.24, 2.45) is 11.8 Å². The summed E-state index contributed by atoms with van der Waals surface area (Å²) in [5, 5.41) is 21.5. The van der Waals surface area contributed by atoms with Gasteiger partial charge in [-0.05, 0) is 25.0 Å². The van der Waals surface area contributed by atoms with E-state index in [9.17, 15) is 10.2 Å². The molecule has 2 aliphatic rings. The molecule has 8 atom stereocenters.